The number of hydrogen-bond acceptors (Lipinski definition) is 3. The second-order valence-corrected chi connectivity index (χ2v) is 15.4. The van der Waals surface area contributed by atoms with Crippen molar-refractivity contribution in [2.24, 2.45) is 0 Å². The minimum absolute atomic E-state index is 0.107. The van der Waals surface area contributed by atoms with Crippen molar-refractivity contribution >= 4 is 34.1 Å². The highest BCUT2D eigenvalue weighted by atomic mass is 16.5. The van der Waals surface area contributed by atoms with E-state index in [0.717, 1.165) is 56.6 Å². The summed E-state index contributed by atoms with van der Waals surface area (Å²) < 4.78 is 7.11. The summed E-state index contributed by atoms with van der Waals surface area (Å²) in [6.07, 6.45) is 0. The molecule has 0 amide bonds. The number of fused-ring (bicyclic) bond motifs is 7. The van der Waals surface area contributed by atoms with E-state index in [9.17, 15) is 0 Å². The van der Waals surface area contributed by atoms with Crippen molar-refractivity contribution in [2.75, 3.05) is 9.80 Å². The Morgan fingerprint density at radius 1 is 0.500 bits per heavy atom. The molecule has 2 heterocycles. The summed E-state index contributed by atoms with van der Waals surface area (Å²) in [6.45, 7) is 11.6. The van der Waals surface area contributed by atoms with E-state index in [1.165, 1.54) is 39.1 Å². The first-order valence-corrected chi connectivity index (χ1v) is 18.3. The number of nitrogens with zero attached hydrogens (tertiary/aromatic N) is 2. The van der Waals surface area contributed by atoms with E-state index in [2.05, 4.69) is 196 Å². The van der Waals surface area contributed by atoms with Crippen molar-refractivity contribution in [3.63, 3.8) is 0 Å². The SMILES string of the molecule is Cc1c(N(c2ccccc2)c2ccc3c(c2)C(C)(C)c2ccccc2-3)ccc2c1N1c3ccccc3C(C)(C)c3ccc(-c4ccccc4)c(c31)O2. The molecule has 0 saturated heterocycles. The first-order chi connectivity index (χ1) is 25.2. The molecule has 3 nitrogen and oxygen atoms in total. The molecule has 0 saturated carbocycles. The van der Waals surface area contributed by atoms with Crippen LogP contribution >= 0.6 is 0 Å². The van der Waals surface area contributed by atoms with Crippen molar-refractivity contribution in [3.8, 4) is 33.8 Å². The van der Waals surface area contributed by atoms with Gasteiger partial charge in [0.25, 0.3) is 0 Å². The first kappa shape index (κ1) is 30.7. The molecule has 0 fully saturated rings. The van der Waals surface area contributed by atoms with Gasteiger partial charge in [-0.15, -0.1) is 0 Å². The smallest absolute Gasteiger partial charge is 0.159 e. The number of anilines is 6. The van der Waals surface area contributed by atoms with Crippen LogP contribution in [0.1, 0.15) is 55.5 Å². The predicted octanol–water partition coefficient (Wildman–Crippen LogP) is 13.7. The summed E-state index contributed by atoms with van der Waals surface area (Å²) in [5.74, 6) is 1.77. The summed E-state index contributed by atoms with van der Waals surface area (Å²) in [4.78, 5) is 4.91. The standard InChI is InChI=1S/C49H40N2O/c1-31-42(50(33-18-10-7-11-19-33)34-24-25-37-36-20-12-13-21-38(36)48(2,3)41(37)30-34)28-29-44-45(31)51-43-23-15-14-22-39(43)49(4,5)40-27-26-35(47(52-44)46(40)51)32-16-8-6-9-17-32/h6-30H,1-5H3. The van der Waals surface area contributed by atoms with E-state index in [-0.39, 0.29) is 10.8 Å². The molecular formula is C49H40N2O. The van der Waals surface area contributed by atoms with Crippen LogP contribution in [0.3, 0.4) is 0 Å². The maximum Gasteiger partial charge on any atom is 0.159 e. The van der Waals surface area contributed by atoms with E-state index in [1.54, 1.807) is 0 Å². The quantitative estimate of drug-likeness (QED) is 0.185. The molecule has 0 aromatic heterocycles. The molecule has 0 atom stereocenters. The normalized spacial score (nSPS) is 15.1. The van der Waals surface area contributed by atoms with Gasteiger partial charge < -0.3 is 14.5 Å². The Balaban J connectivity index is 1.21. The van der Waals surface area contributed by atoms with E-state index >= 15 is 0 Å². The predicted molar refractivity (Wildman–Crippen MR) is 216 cm³/mol. The van der Waals surface area contributed by atoms with Gasteiger partial charge in [-0.2, -0.15) is 0 Å². The number of ether oxygens (including phenoxy) is 1. The minimum atomic E-state index is -0.219. The van der Waals surface area contributed by atoms with Crippen LogP contribution in [0.4, 0.5) is 34.1 Å². The van der Waals surface area contributed by atoms with E-state index in [4.69, 9.17) is 4.74 Å². The van der Waals surface area contributed by atoms with Gasteiger partial charge in [0, 0.05) is 33.3 Å². The second-order valence-electron chi connectivity index (χ2n) is 15.4. The van der Waals surface area contributed by atoms with Crippen LogP contribution in [0.2, 0.25) is 0 Å². The Hall–Kier alpha value is -6.06. The van der Waals surface area contributed by atoms with Gasteiger partial charge in [0.1, 0.15) is 0 Å². The summed E-state index contributed by atoms with van der Waals surface area (Å²) in [5, 5.41) is 0. The third-order valence-corrected chi connectivity index (χ3v) is 11.8. The molecule has 7 aromatic rings. The molecule has 3 aliphatic rings. The Labute approximate surface area is 306 Å². The second kappa shape index (κ2) is 11.0. The molecule has 2 aliphatic heterocycles. The fourth-order valence-corrected chi connectivity index (χ4v) is 9.15. The van der Waals surface area contributed by atoms with Gasteiger partial charge in [-0.25, -0.2) is 0 Å². The van der Waals surface area contributed by atoms with Crippen molar-refractivity contribution in [1.82, 2.24) is 0 Å². The topological polar surface area (TPSA) is 15.7 Å². The lowest BCUT2D eigenvalue weighted by atomic mass is 9.72. The molecular weight excluding hydrogens is 633 g/mol. The Bertz CT molecular complexity index is 2570. The highest BCUT2D eigenvalue weighted by Gasteiger charge is 2.43. The number of benzene rings is 7. The maximum absolute atomic E-state index is 7.11. The summed E-state index contributed by atoms with van der Waals surface area (Å²) in [6, 6.07) is 55.1. The molecule has 0 N–H and O–H groups in total. The average Bonchev–Trinajstić information content (AvgIpc) is 3.40. The van der Waals surface area contributed by atoms with Crippen molar-refractivity contribution in [2.45, 2.75) is 45.4 Å². The Morgan fingerprint density at radius 3 is 1.92 bits per heavy atom. The highest BCUT2D eigenvalue weighted by molar-refractivity contribution is 6.00. The third-order valence-electron chi connectivity index (χ3n) is 11.8. The number of para-hydroxylation sites is 2. The number of rotatable bonds is 4. The molecule has 1 aliphatic carbocycles. The minimum Gasteiger partial charge on any atom is -0.452 e. The lowest BCUT2D eigenvalue weighted by Crippen LogP contribution is -2.33. The molecule has 0 spiro atoms. The van der Waals surface area contributed by atoms with Gasteiger partial charge in [-0.05, 0) is 88.3 Å². The summed E-state index contributed by atoms with van der Waals surface area (Å²) in [7, 11) is 0. The average molecular weight is 673 g/mol. The van der Waals surface area contributed by atoms with E-state index in [0.29, 0.717) is 0 Å². The lowest BCUT2D eigenvalue weighted by Gasteiger charge is -2.46. The fraction of sp³-hybridized carbons (Fsp3) is 0.143. The van der Waals surface area contributed by atoms with Crippen LogP contribution in [0.15, 0.2) is 152 Å². The van der Waals surface area contributed by atoms with Crippen molar-refractivity contribution in [3.05, 3.63) is 179 Å². The van der Waals surface area contributed by atoms with E-state index in [1.807, 2.05) is 0 Å². The molecule has 0 unspecified atom stereocenters. The molecule has 0 bridgehead atoms. The Morgan fingerprint density at radius 2 is 1.13 bits per heavy atom. The van der Waals surface area contributed by atoms with E-state index < -0.39 is 0 Å². The van der Waals surface area contributed by atoms with Gasteiger partial charge in [0.2, 0.25) is 0 Å². The van der Waals surface area contributed by atoms with Gasteiger partial charge in [0.05, 0.1) is 22.7 Å². The molecule has 52 heavy (non-hydrogen) atoms. The Kier molecular flexibility index (Phi) is 6.48. The van der Waals surface area contributed by atoms with Crippen LogP contribution in [0, 0.1) is 6.92 Å². The fourth-order valence-electron chi connectivity index (χ4n) is 9.15. The van der Waals surface area contributed by atoms with Crippen molar-refractivity contribution in [1.29, 1.82) is 0 Å². The zero-order valence-electron chi connectivity index (χ0n) is 30.2. The van der Waals surface area contributed by atoms with Gasteiger partial charge in [-0.3, -0.25) is 0 Å². The monoisotopic (exact) mass is 672 g/mol. The maximum atomic E-state index is 7.11. The van der Waals surface area contributed by atoms with Crippen LogP contribution in [-0.2, 0) is 10.8 Å². The number of hydrogen-bond donors (Lipinski definition) is 0. The molecule has 0 radical (unpaired) electrons. The zero-order valence-corrected chi connectivity index (χ0v) is 30.2. The third kappa shape index (κ3) is 4.20. The van der Waals surface area contributed by atoms with Crippen molar-refractivity contribution < 1.29 is 4.74 Å². The van der Waals surface area contributed by atoms with Crippen LogP contribution in [0.5, 0.6) is 11.5 Å². The van der Waals surface area contributed by atoms with Gasteiger partial charge in [0.15, 0.2) is 11.5 Å². The van der Waals surface area contributed by atoms with Crippen LogP contribution < -0.4 is 14.5 Å². The lowest BCUT2D eigenvalue weighted by molar-refractivity contribution is 0.472. The zero-order chi connectivity index (χ0) is 35.4. The summed E-state index contributed by atoms with van der Waals surface area (Å²) in [5.41, 5.74) is 17.8. The molecule has 10 rings (SSSR count). The molecule has 3 heteroatoms. The van der Waals surface area contributed by atoms with Crippen LogP contribution in [-0.4, -0.2) is 0 Å². The largest absolute Gasteiger partial charge is 0.452 e. The van der Waals surface area contributed by atoms with Gasteiger partial charge in [-0.1, -0.05) is 137 Å². The summed E-state index contributed by atoms with van der Waals surface area (Å²) >= 11 is 0. The molecule has 7 aromatic carbocycles. The first-order valence-electron chi connectivity index (χ1n) is 18.3. The van der Waals surface area contributed by atoms with Gasteiger partial charge >= 0.3 is 0 Å². The van der Waals surface area contributed by atoms with Crippen LogP contribution in [0.25, 0.3) is 22.3 Å². The molecule has 252 valence electrons. The highest BCUT2D eigenvalue weighted by Crippen LogP contribution is 2.63.